The number of hydrogen-bond acceptors (Lipinski definition) is 4. The molecule has 1 saturated heterocycles. The summed E-state index contributed by atoms with van der Waals surface area (Å²) in [6, 6.07) is 17.5. The van der Waals surface area contributed by atoms with Crippen LogP contribution in [0.15, 0.2) is 53.5 Å². The summed E-state index contributed by atoms with van der Waals surface area (Å²) in [6.45, 7) is 5.25. The molecule has 0 amide bonds. The zero-order valence-electron chi connectivity index (χ0n) is 20.0. The highest BCUT2D eigenvalue weighted by Crippen LogP contribution is 2.24. The maximum absolute atomic E-state index is 5.29. The van der Waals surface area contributed by atoms with Gasteiger partial charge in [0.1, 0.15) is 5.75 Å². The number of ether oxygens (including phenoxy) is 1. The predicted molar refractivity (Wildman–Crippen MR) is 146 cm³/mol. The number of anilines is 1. The van der Waals surface area contributed by atoms with Crippen molar-refractivity contribution in [2.45, 2.75) is 31.8 Å². The third-order valence-electron chi connectivity index (χ3n) is 6.01. The van der Waals surface area contributed by atoms with Gasteiger partial charge >= 0.3 is 0 Å². The van der Waals surface area contributed by atoms with E-state index in [0.717, 1.165) is 31.3 Å². The van der Waals surface area contributed by atoms with Gasteiger partial charge in [0, 0.05) is 32.4 Å². The number of nitrogens with zero attached hydrogens (tertiary/aromatic N) is 3. The summed E-state index contributed by atoms with van der Waals surface area (Å²) >= 11 is 0. The molecule has 0 bridgehead atoms. The molecular weight excluding hydrogens is 513 g/mol. The van der Waals surface area contributed by atoms with Gasteiger partial charge in [-0.3, -0.25) is 4.99 Å². The van der Waals surface area contributed by atoms with Crippen molar-refractivity contribution < 1.29 is 4.74 Å². The van der Waals surface area contributed by atoms with Crippen LogP contribution in [0.2, 0.25) is 0 Å². The van der Waals surface area contributed by atoms with Crippen LogP contribution >= 0.6 is 24.0 Å². The summed E-state index contributed by atoms with van der Waals surface area (Å²) in [5, 5.41) is 7.05. The number of nitrogens with one attached hydrogen (secondary N) is 2. The summed E-state index contributed by atoms with van der Waals surface area (Å²) in [4.78, 5) is 9.14. The van der Waals surface area contributed by atoms with Crippen LogP contribution < -0.4 is 20.3 Å². The quantitative estimate of drug-likeness (QED) is 0.289. The first kappa shape index (κ1) is 26.3. The summed E-state index contributed by atoms with van der Waals surface area (Å²) < 4.78 is 5.29. The van der Waals surface area contributed by atoms with Crippen molar-refractivity contribution in [1.82, 2.24) is 15.5 Å². The number of benzene rings is 2. The topological polar surface area (TPSA) is 52.1 Å². The Morgan fingerprint density at radius 2 is 1.78 bits per heavy atom. The van der Waals surface area contributed by atoms with E-state index in [9.17, 15) is 0 Å². The molecule has 7 heteroatoms. The molecule has 3 rings (SSSR count). The highest BCUT2D eigenvalue weighted by molar-refractivity contribution is 14.0. The van der Waals surface area contributed by atoms with E-state index >= 15 is 0 Å². The van der Waals surface area contributed by atoms with Crippen molar-refractivity contribution in [3.05, 3.63) is 59.7 Å². The molecule has 176 valence electrons. The van der Waals surface area contributed by atoms with E-state index < -0.39 is 0 Å². The summed E-state index contributed by atoms with van der Waals surface area (Å²) in [5.74, 6) is 1.68. The Hall–Kier alpha value is -2.00. The van der Waals surface area contributed by atoms with Crippen LogP contribution in [0.5, 0.6) is 5.75 Å². The first-order valence-corrected chi connectivity index (χ1v) is 11.1. The van der Waals surface area contributed by atoms with Gasteiger partial charge in [-0.05, 0) is 69.3 Å². The fraction of sp³-hybridized carbons (Fsp3) is 0.480. The minimum atomic E-state index is 0. The smallest absolute Gasteiger partial charge is 0.191 e. The summed E-state index contributed by atoms with van der Waals surface area (Å²) in [6.07, 6.45) is 2.58. The minimum Gasteiger partial charge on any atom is -0.497 e. The van der Waals surface area contributed by atoms with Gasteiger partial charge in [-0.25, -0.2) is 0 Å². The Balaban J connectivity index is 0.00000363. The first-order chi connectivity index (χ1) is 15.0. The molecule has 0 aliphatic carbocycles. The van der Waals surface area contributed by atoms with Gasteiger partial charge in [0.2, 0.25) is 0 Å². The summed E-state index contributed by atoms with van der Waals surface area (Å²) in [5.41, 5.74) is 3.82. The van der Waals surface area contributed by atoms with E-state index in [4.69, 9.17) is 4.74 Å². The van der Waals surface area contributed by atoms with Gasteiger partial charge in [-0.2, -0.15) is 0 Å². The van der Waals surface area contributed by atoms with Crippen LogP contribution in [0.25, 0.3) is 0 Å². The van der Waals surface area contributed by atoms with Crippen molar-refractivity contribution in [2.75, 3.05) is 52.8 Å². The van der Waals surface area contributed by atoms with Gasteiger partial charge in [0.25, 0.3) is 0 Å². The molecule has 1 aliphatic heterocycles. The predicted octanol–water partition coefficient (Wildman–Crippen LogP) is 4.44. The Bertz CT molecular complexity index is 850. The van der Waals surface area contributed by atoms with Crippen molar-refractivity contribution in [3.8, 4) is 5.75 Å². The van der Waals surface area contributed by atoms with E-state index in [0.29, 0.717) is 0 Å². The third-order valence-corrected chi connectivity index (χ3v) is 6.01. The van der Waals surface area contributed by atoms with Gasteiger partial charge in [0.15, 0.2) is 5.96 Å². The number of rotatable bonds is 8. The number of likely N-dealkylation sites (N-methyl/N-ethyl adjacent to an activating group) is 1. The standard InChI is InChI=1S/C25H37N5O.HI/c1-19(21-9-8-10-22(17-21)30-15-6-7-16-30)28-25(26-2)27-18-24(29(3)4)20-11-13-23(31-5)14-12-20;/h8-14,17,19,24H,6-7,15-16,18H2,1-5H3,(H2,26,27,28);1H. The number of halogens is 1. The van der Waals surface area contributed by atoms with Crippen LogP contribution in [0.3, 0.4) is 0 Å². The normalized spacial score (nSPS) is 15.8. The molecule has 6 nitrogen and oxygen atoms in total. The maximum Gasteiger partial charge on any atom is 0.191 e. The lowest BCUT2D eigenvalue weighted by atomic mass is 10.1. The van der Waals surface area contributed by atoms with Crippen molar-refractivity contribution >= 4 is 35.6 Å². The molecule has 0 spiro atoms. The molecule has 0 saturated carbocycles. The second-order valence-corrected chi connectivity index (χ2v) is 8.36. The van der Waals surface area contributed by atoms with Gasteiger partial charge in [-0.15, -0.1) is 24.0 Å². The molecule has 2 unspecified atom stereocenters. The van der Waals surface area contributed by atoms with Gasteiger partial charge in [0.05, 0.1) is 19.2 Å². The first-order valence-electron chi connectivity index (χ1n) is 11.1. The molecular formula is C25H38IN5O. The van der Waals surface area contributed by atoms with E-state index in [1.165, 1.54) is 29.7 Å². The third kappa shape index (κ3) is 7.00. The molecule has 1 aliphatic rings. The second kappa shape index (κ2) is 12.9. The Kier molecular flexibility index (Phi) is 10.6. The Morgan fingerprint density at radius 1 is 1.09 bits per heavy atom. The van der Waals surface area contributed by atoms with Gasteiger partial charge < -0.3 is 25.2 Å². The van der Waals surface area contributed by atoms with E-state index in [2.05, 4.69) is 82.8 Å². The van der Waals surface area contributed by atoms with Crippen LogP contribution in [-0.2, 0) is 0 Å². The lowest BCUT2D eigenvalue weighted by Gasteiger charge is -2.27. The molecule has 1 fully saturated rings. The summed E-state index contributed by atoms with van der Waals surface area (Å²) in [7, 11) is 7.71. The van der Waals surface area contributed by atoms with Crippen LogP contribution in [0.1, 0.15) is 43.0 Å². The molecule has 2 atom stereocenters. The fourth-order valence-electron chi connectivity index (χ4n) is 4.07. The molecule has 32 heavy (non-hydrogen) atoms. The molecule has 2 N–H and O–H groups in total. The average molecular weight is 552 g/mol. The lowest BCUT2D eigenvalue weighted by molar-refractivity contribution is 0.297. The van der Waals surface area contributed by atoms with Crippen LogP contribution in [0, 0.1) is 0 Å². The number of hydrogen-bond donors (Lipinski definition) is 2. The van der Waals surface area contributed by atoms with Crippen LogP contribution in [-0.4, -0.2) is 58.7 Å². The molecule has 2 aromatic rings. The van der Waals surface area contributed by atoms with E-state index in [-0.39, 0.29) is 36.1 Å². The van der Waals surface area contributed by atoms with Crippen LogP contribution in [0.4, 0.5) is 5.69 Å². The minimum absolute atomic E-state index is 0. The van der Waals surface area contributed by atoms with E-state index in [1.54, 1.807) is 7.11 Å². The van der Waals surface area contributed by atoms with Crippen molar-refractivity contribution in [1.29, 1.82) is 0 Å². The zero-order valence-corrected chi connectivity index (χ0v) is 22.3. The number of aliphatic imine (C=N–C) groups is 1. The van der Waals surface area contributed by atoms with E-state index in [1.807, 2.05) is 19.2 Å². The molecule has 1 heterocycles. The lowest BCUT2D eigenvalue weighted by Crippen LogP contribution is -2.42. The van der Waals surface area contributed by atoms with Crippen molar-refractivity contribution in [3.63, 3.8) is 0 Å². The average Bonchev–Trinajstić information content (AvgIpc) is 3.33. The monoisotopic (exact) mass is 551 g/mol. The SMILES string of the molecule is CN=C(NCC(c1ccc(OC)cc1)N(C)C)NC(C)c1cccc(N2CCCC2)c1.I. The molecule has 2 aromatic carbocycles. The van der Waals surface area contributed by atoms with Gasteiger partial charge in [-0.1, -0.05) is 24.3 Å². The number of guanidine groups is 1. The molecule has 0 aromatic heterocycles. The maximum atomic E-state index is 5.29. The zero-order chi connectivity index (χ0) is 22.2. The second-order valence-electron chi connectivity index (χ2n) is 8.36. The Morgan fingerprint density at radius 3 is 2.38 bits per heavy atom. The largest absolute Gasteiger partial charge is 0.497 e. The highest BCUT2D eigenvalue weighted by Gasteiger charge is 2.17. The Labute approximate surface area is 210 Å². The molecule has 0 radical (unpaired) electrons. The number of methoxy groups -OCH3 is 1. The fourth-order valence-corrected chi connectivity index (χ4v) is 4.07. The van der Waals surface area contributed by atoms with Crippen molar-refractivity contribution in [2.24, 2.45) is 4.99 Å². The highest BCUT2D eigenvalue weighted by atomic mass is 127.